The molecule has 1 saturated heterocycles. The Labute approximate surface area is 116 Å². The summed E-state index contributed by atoms with van der Waals surface area (Å²) in [7, 11) is -3.00. The molecule has 3 rings (SSSR count). The molecule has 1 amide bonds. The molecule has 0 radical (unpaired) electrons. The van der Waals surface area contributed by atoms with Crippen LogP contribution in [-0.4, -0.2) is 36.9 Å². The molecule has 1 unspecified atom stereocenters. The summed E-state index contributed by atoms with van der Waals surface area (Å²) >= 11 is 0. The number of rotatable bonds is 2. The highest BCUT2D eigenvalue weighted by atomic mass is 32.2. The molecular weight excluding hydrogens is 280 g/mol. The number of nitrogens with one attached hydrogen (secondary N) is 1. The number of oxazole rings is 1. The number of nitrogens with zero attached hydrogens (tertiary/aromatic N) is 1. The van der Waals surface area contributed by atoms with Crippen LogP contribution >= 0.6 is 0 Å². The van der Waals surface area contributed by atoms with E-state index in [1.54, 1.807) is 25.1 Å². The maximum Gasteiger partial charge on any atom is 0.251 e. The van der Waals surface area contributed by atoms with Crippen LogP contribution in [0.15, 0.2) is 22.6 Å². The van der Waals surface area contributed by atoms with E-state index < -0.39 is 9.84 Å². The quantitative estimate of drug-likeness (QED) is 0.894. The first kappa shape index (κ1) is 13.1. The first-order chi connectivity index (χ1) is 9.43. The van der Waals surface area contributed by atoms with E-state index in [1.807, 2.05) is 0 Å². The second-order valence-electron chi connectivity index (χ2n) is 4.99. The monoisotopic (exact) mass is 294 g/mol. The fraction of sp³-hybridized carbons (Fsp3) is 0.385. The number of aryl methyl sites for hydroxylation is 1. The first-order valence-electron chi connectivity index (χ1n) is 6.31. The fourth-order valence-electron chi connectivity index (χ4n) is 2.36. The van der Waals surface area contributed by atoms with Crippen LogP contribution in [0.25, 0.3) is 11.1 Å². The van der Waals surface area contributed by atoms with E-state index in [9.17, 15) is 13.2 Å². The molecule has 1 atom stereocenters. The van der Waals surface area contributed by atoms with E-state index in [-0.39, 0.29) is 23.5 Å². The van der Waals surface area contributed by atoms with Gasteiger partial charge in [-0.05, 0) is 24.6 Å². The molecule has 1 aromatic carbocycles. The average Bonchev–Trinajstić information content (AvgIpc) is 2.89. The predicted molar refractivity (Wildman–Crippen MR) is 73.3 cm³/mol. The van der Waals surface area contributed by atoms with Crippen LogP contribution in [0.4, 0.5) is 0 Å². The van der Waals surface area contributed by atoms with Crippen molar-refractivity contribution in [3.63, 3.8) is 0 Å². The number of sulfone groups is 1. The van der Waals surface area contributed by atoms with Gasteiger partial charge in [-0.2, -0.15) is 0 Å². The summed E-state index contributed by atoms with van der Waals surface area (Å²) < 4.78 is 28.1. The summed E-state index contributed by atoms with van der Waals surface area (Å²) in [5.74, 6) is 0.406. The Balaban J connectivity index is 1.78. The molecule has 20 heavy (non-hydrogen) atoms. The standard InChI is InChI=1S/C13H14N2O4S/c1-8-14-11-3-2-9(6-12(11)19-8)13(16)15-10-4-5-20(17,18)7-10/h2-3,6,10H,4-5,7H2,1H3,(H,15,16). The largest absolute Gasteiger partial charge is 0.441 e. The summed E-state index contributed by atoms with van der Waals surface area (Å²) in [6.45, 7) is 1.74. The summed E-state index contributed by atoms with van der Waals surface area (Å²) in [4.78, 5) is 16.3. The molecular formula is C13H14N2O4S. The van der Waals surface area contributed by atoms with Gasteiger partial charge in [0, 0.05) is 18.5 Å². The minimum Gasteiger partial charge on any atom is -0.441 e. The third-order valence-corrected chi connectivity index (χ3v) is 5.09. The molecule has 106 valence electrons. The number of fused-ring (bicyclic) bond motifs is 1. The maximum atomic E-state index is 12.1. The molecule has 0 spiro atoms. The zero-order valence-corrected chi connectivity index (χ0v) is 11.7. The highest BCUT2D eigenvalue weighted by molar-refractivity contribution is 7.91. The lowest BCUT2D eigenvalue weighted by molar-refractivity contribution is 0.0941. The van der Waals surface area contributed by atoms with Gasteiger partial charge in [-0.3, -0.25) is 4.79 Å². The van der Waals surface area contributed by atoms with Crippen LogP contribution in [0, 0.1) is 6.92 Å². The first-order valence-corrected chi connectivity index (χ1v) is 8.13. The number of carbonyl (C=O) groups is 1. The van der Waals surface area contributed by atoms with Crippen molar-refractivity contribution < 1.29 is 17.6 Å². The second kappa shape index (κ2) is 4.59. The number of hydrogen-bond donors (Lipinski definition) is 1. The Bertz CT molecular complexity index is 779. The molecule has 0 saturated carbocycles. The number of hydrogen-bond acceptors (Lipinski definition) is 5. The molecule has 0 bridgehead atoms. The van der Waals surface area contributed by atoms with Crippen molar-refractivity contribution in [2.24, 2.45) is 0 Å². The van der Waals surface area contributed by atoms with Gasteiger partial charge in [0.1, 0.15) is 5.52 Å². The third kappa shape index (κ3) is 2.53. The van der Waals surface area contributed by atoms with Crippen LogP contribution in [0.5, 0.6) is 0 Å². The zero-order valence-electron chi connectivity index (χ0n) is 10.9. The van der Waals surface area contributed by atoms with Crippen molar-refractivity contribution in [2.75, 3.05) is 11.5 Å². The van der Waals surface area contributed by atoms with Crippen LogP contribution in [0.3, 0.4) is 0 Å². The van der Waals surface area contributed by atoms with E-state index in [0.717, 1.165) is 0 Å². The van der Waals surface area contributed by atoms with Gasteiger partial charge >= 0.3 is 0 Å². The van der Waals surface area contributed by atoms with Gasteiger partial charge in [0.05, 0.1) is 11.5 Å². The summed E-state index contributed by atoms with van der Waals surface area (Å²) in [5.41, 5.74) is 1.69. The van der Waals surface area contributed by atoms with Crippen molar-refractivity contribution in [2.45, 2.75) is 19.4 Å². The van der Waals surface area contributed by atoms with Gasteiger partial charge in [0.15, 0.2) is 21.3 Å². The molecule has 1 aliphatic rings. The van der Waals surface area contributed by atoms with Gasteiger partial charge < -0.3 is 9.73 Å². The molecule has 2 aromatic rings. The van der Waals surface area contributed by atoms with Gasteiger partial charge in [-0.1, -0.05) is 0 Å². The van der Waals surface area contributed by atoms with Crippen molar-refractivity contribution in [1.29, 1.82) is 0 Å². The molecule has 1 aliphatic heterocycles. The molecule has 6 nitrogen and oxygen atoms in total. The van der Waals surface area contributed by atoms with Gasteiger partial charge in [0.25, 0.3) is 5.91 Å². The second-order valence-corrected chi connectivity index (χ2v) is 7.22. The van der Waals surface area contributed by atoms with E-state index in [1.165, 1.54) is 0 Å². The van der Waals surface area contributed by atoms with Crippen LogP contribution in [-0.2, 0) is 9.84 Å². The van der Waals surface area contributed by atoms with Crippen molar-refractivity contribution in [3.05, 3.63) is 29.7 Å². The Morgan fingerprint density at radius 3 is 2.95 bits per heavy atom. The van der Waals surface area contributed by atoms with Crippen LogP contribution in [0.1, 0.15) is 22.7 Å². The Morgan fingerprint density at radius 1 is 1.45 bits per heavy atom. The number of aromatic nitrogens is 1. The predicted octanol–water partition coefficient (Wildman–Crippen LogP) is 1.05. The van der Waals surface area contributed by atoms with E-state index in [0.29, 0.717) is 29.0 Å². The van der Waals surface area contributed by atoms with Gasteiger partial charge in [-0.25, -0.2) is 13.4 Å². The Kier molecular flexibility index (Phi) is 3.01. The molecule has 7 heteroatoms. The lowest BCUT2D eigenvalue weighted by Crippen LogP contribution is -2.35. The Hall–Kier alpha value is -1.89. The van der Waals surface area contributed by atoms with Crippen molar-refractivity contribution in [1.82, 2.24) is 10.3 Å². The highest BCUT2D eigenvalue weighted by Gasteiger charge is 2.29. The highest BCUT2D eigenvalue weighted by Crippen LogP contribution is 2.18. The SMILES string of the molecule is Cc1nc2ccc(C(=O)NC3CCS(=O)(=O)C3)cc2o1. The van der Waals surface area contributed by atoms with E-state index in [4.69, 9.17) is 4.42 Å². The maximum absolute atomic E-state index is 12.1. The minimum absolute atomic E-state index is 0.0163. The topological polar surface area (TPSA) is 89.3 Å². The lowest BCUT2D eigenvalue weighted by Gasteiger charge is -2.10. The summed E-state index contributed by atoms with van der Waals surface area (Å²) in [5, 5.41) is 2.74. The number of amides is 1. The molecule has 1 N–H and O–H groups in total. The minimum atomic E-state index is -3.00. The van der Waals surface area contributed by atoms with Crippen molar-refractivity contribution >= 4 is 26.8 Å². The third-order valence-electron chi connectivity index (χ3n) is 3.33. The lowest BCUT2D eigenvalue weighted by atomic mass is 10.1. The molecule has 1 fully saturated rings. The van der Waals surface area contributed by atoms with Crippen molar-refractivity contribution in [3.8, 4) is 0 Å². The normalized spacial score (nSPS) is 21.1. The van der Waals surface area contributed by atoms with Gasteiger partial charge in [0.2, 0.25) is 0 Å². The zero-order chi connectivity index (χ0) is 14.3. The van der Waals surface area contributed by atoms with E-state index >= 15 is 0 Å². The molecule has 2 heterocycles. The summed E-state index contributed by atoms with van der Waals surface area (Å²) in [6.07, 6.45) is 0.470. The smallest absolute Gasteiger partial charge is 0.251 e. The van der Waals surface area contributed by atoms with Gasteiger partial charge in [-0.15, -0.1) is 0 Å². The van der Waals surface area contributed by atoms with Crippen LogP contribution in [0.2, 0.25) is 0 Å². The average molecular weight is 294 g/mol. The van der Waals surface area contributed by atoms with Crippen LogP contribution < -0.4 is 5.32 Å². The Morgan fingerprint density at radius 2 is 2.25 bits per heavy atom. The number of benzene rings is 1. The molecule has 0 aliphatic carbocycles. The molecule has 1 aromatic heterocycles. The number of carbonyl (C=O) groups excluding carboxylic acids is 1. The summed E-state index contributed by atoms with van der Waals surface area (Å²) in [6, 6.07) is 4.68. The fourth-order valence-corrected chi connectivity index (χ4v) is 4.03. The van der Waals surface area contributed by atoms with E-state index in [2.05, 4.69) is 10.3 Å².